The molecule has 1 heterocycles. The van der Waals surface area contributed by atoms with Gasteiger partial charge in [-0.2, -0.15) is 0 Å². The first kappa shape index (κ1) is 19.1. The highest BCUT2D eigenvalue weighted by molar-refractivity contribution is 5.35. The quantitative estimate of drug-likeness (QED) is 0.810. The van der Waals surface area contributed by atoms with E-state index in [2.05, 4.69) is 43.0 Å². The average molecular weight is 354 g/mol. The molecule has 0 aromatic heterocycles. The Morgan fingerprint density at radius 1 is 1.12 bits per heavy atom. The molecule has 3 atom stereocenters. The number of benzene rings is 2. The van der Waals surface area contributed by atoms with Crippen molar-refractivity contribution in [1.29, 1.82) is 0 Å². The van der Waals surface area contributed by atoms with Crippen LogP contribution in [-0.4, -0.2) is 42.4 Å². The molecule has 0 unspecified atom stereocenters. The third-order valence-electron chi connectivity index (χ3n) is 5.24. The van der Waals surface area contributed by atoms with Crippen molar-refractivity contribution in [2.45, 2.75) is 38.9 Å². The van der Waals surface area contributed by atoms with Crippen molar-refractivity contribution in [1.82, 2.24) is 4.90 Å². The third kappa shape index (κ3) is 5.16. The van der Waals surface area contributed by atoms with Crippen LogP contribution in [0.5, 0.6) is 0 Å². The van der Waals surface area contributed by atoms with Crippen LogP contribution in [0.25, 0.3) is 0 Å². The second kappa shape index (κ2) is 9.31. The Hall–Kier alpha value is -1.68. The van der Waals surface area contributed by atoms with Crippen molar-refractivity contribution < 1.29 is 9.84 Å². The summed E-state index contributed by atoms with van der Waals surface area (Å²) in [5.74, 6) is 0.723. The number of piperidine rings is 1. The predicted octanol–water partition coefficient (Wildman–Crippen LogP) is 4.19. The van der Waals surface area contributed by atoms with Gasteiger partial charge in [0, 0.05) is 13.1 Å². The van der Waals surface area contributed by atoms with Gasteiger partial charge in [0.05, 0.1) is 12.7 Å². The van der Waals surface area contributed by atoms with Crippen molar-refractivity contribution in [2.24, 2.45) is 5.92 Å². The summed E-state index contributed by atoms with van der Waals surface area (Å²) < 4.78 is 6.25. The lowest BCUT2D eigenvalue weighted by molar-refractivity contribution is -0.0131. The summed E-state index contributed by atoms with van der Waals surface area (Å²) in [7, 11) is 0. The maximum absolute atomic E-state index is 10.5. The van der Waals surface area contributed by atoms with Crippen molar-refractivity contribution in [2.75, 3.05) is 26.2 Å². The number of ether oxygens (including phenoxy) is 1. The molecule has 1 fully saturated rings. The fraction of sp³-hybridized carbons (Fsp3) is 0.478. The molecule has 1 aliphatic heterocycles. The molecule has 140 valence electrons. The van der Waals surface area contributed by atoms with Crippen LogP contribution in [0.1, 0.15) is 42.6 Å². The van der Waals surface area contributed by atoms with E-state index in [0.29, 0.717) is 13.2 Å². The van der Waals surface area contributed by atoms with Crippen LogP contribution in [0, 0.1) is 12.8 Å². The standard InChI is InChI=1S/C23H31NO2/c1-18-9-8-14-24(15-18)16-21(25)17-26-23(20-11-4-3-5-12-20)22-13-7-6-10-19(22)2/h3-7,10-13,18,21,23,25H,8-9,14-17H2,1-2H3/t18-,21-,23+/m0/s1. The Morgan fingerprint density at radius 3 is 2.58 bits per heavy atom. The van der Waals surface area contributed by atoms with E-state index < -0.39 is 6.10 Å². The molecule has 3 heteroatoms. The molecule has 26 heavy (non-hydrogen) atoms. The number of β-amino-alcohol motifs (C(OH)–C–C–N with tert-alkyl or cyclic N) is 1. The van der Waals surface area contributed by atoms with Crippen LogP contribution in [0.4, 0.5) is 0 Å². The molecule has 0 bridgehead atoms. The molecule has 2 aromatic carbocycles. The van der Waals surface area contributed by atoms with Crippen LogP contribution >= 0.6 is 0 Å². The number of aryl methyl sites for hydroxylation is 1. The lowest BCUT2D eigenvalue weighted by Crippen LogP contribution is -2.41. The van der Waals surface area contributed by atoms with Crippen LogP contribution in [0.2, 0.25) is 0 Å². The molecule has 0 amide bonds. The highest BCUT2D eigenvalue weighted by Crippen LogP contribution is 2.28. The molecular formula is C23H31NO2. The van der Waals surface area contributed by atoms with E-state index in [1.165, 1.54) is 18.4 Å². The Kier molecular flexibility index (Phi) is 6.84. The van der Waals surface area contributed by atoms with Gasteiger partial charge in [0.2, 0.25) is 0 Å². The fourth-order valence-corrected chi connectivity index (χ4v) is 3.88. The van der Waals surface area contributed by atoms with Gasteiger partial charge in [-0.15, -0.1) is 0 Å². The maximum atomic E-state index is 10.5. The molecule has 1 N–H and O–H groups in total. The Labute approximate surface area is 157 Å². The summed E-state index contributed by atoms with van der Waals surface area (Å²) >= 11 is 0. The van der Waals surface area contributed by atoms with Crippen molar-refractivity contribution in [3.05, 3.63) is 71.3 Å². The van der Waals surface area contributed by atoms with E-state index in [1.54, 1.807) is 0 Å². The predicted molar refractivity (Wildman–Crippen MR) is 106 cm³/mol. The second-order valence-electron chi connectivity index (χ2n) is 7.64. The van der Waals surface area contributed by atoms with E-state index in [-0.39, 0.29) is 6.10 Å². The molecule has 3 rings (SSSR count). The fourth-order valence-electron chi connectivity index (χ4n) is 3.88. The van der Waals surface area contributed by atoms with Gasteiger partial charge in [0.15, 0.2) is 0 Å². The third-order valence-corrected chi connectivity index (χ3v) is 5.24. The van der Waals surface area contributed by atoms with Gasteiger partial charge >= 0.3 is 0 Å². The minimum absolute atomic E-state index is 0.146. The number of hydrogen-bond acceptors (Lipinski definition) is 3. The summed E-state index contributed by atoms with van der Waals surface area (Å²) in [6.45, 7) is 7.61. The summed E-state index contributed by atoms with van der Waals surface area (Å²) in [6.07, 6.45) is 1.92. The van der Waals surface area contributed by atoms with Gasteiger partial charge in [-0.1, -0.05) is 61.5 Å². The number of rotatable bonds is 7. The van der Waals surface area contributed by atoms with Gasteiger partial charge in [0.25, 0.3) is 0 Å². The van der Waals surface area contributed by atoms with Crippen LogP contribution in [-0.2, 0) is 4.74 Å². The zero-order chi connectivity index (χ0) is 18.4. The molecule has 1 saturated heterocycles. The second-order valence-corrected chi connectivity index (χ2v) is 7.64. The molecule has 0 saturated carbocycles. The lowest BCUT2D eigenvalue weighted by atomic mass is 9.97. The van der Waals surface area contributed by atoms with E-state index in [0.717, 1.165) is 30.1 Å². The number of hydrogen-bond donors (Lipinski definition) is 1. The molecule has 2 aromatic rings. The zero-order valence-corrected chi connectivity index (χ0v) is 16.0. The number of aliphatic hydroxyl groups is 1. The minimum Gasteiger partial charge on any atom is -0.389 e. The van der Waals surface area contributed by atoms with Gasteiger partial charge in [-0.25, -0.2) is 0 Å². The normalized spacial score (nSPS) is 20.7. The van der Waals surface area contributed by atoms with Crippen molar-refractivity contribution in [3.63, 3.8) is 0 Å². The summed E-state index contributed by atoms with van der Waals surface area (Å²) in [6, 6.07) is 18.6. The maximum Gasteiger partial charge on any atom is 0.108 e. The van der Waals surface area contributed by atoms with Crippen molar-refractivity contribution in [3.8, 4) is 0 Å². The molecule has 3 nitrogen and oxygen atoms in total. The first-order chi connectivity index (χ1) is 12.6. The Morgan fingerprint density at radius 2 is 1.85 bits per heavy atom. The first-order valence-corrected chi connectivity index (χ1v) is 9.76. The summed E-state index contributed by atoms with van der Waals surface area (Å²) in [5.41, 5.74) is 3.50. The van der Waals surface area contributed by atoms with Crippen LogP contribution in [0.15, 0.2) is 54.6 Å². The van der Waals surface area contributed by atoms with E-state index in [9.17, 15) is 5.11 Å². The number of aliphatic hydroxyl groups excluding tert-OH is 1. The van der Waals surface area contributed by atoms with Gasteiger partial charge in [-0.3, -0.25) is 0 Å². The minimum atomic E-state index is -0.462. The average Bonchev–Trinajstić information content (AvgIpc) is 2.64. The zero-order valence-electron chi connectivity index (χ0n) is 16.0. The van der Waals surface area contributed by atoms with Crippen LogP contribution in [0.3, 0.4) is 0 Å². The lowest BCUT2D eigenvalue weighted by Gasteiger charge is -2.32. The van der Waals surface area contributed by atoms with E-state index >= 15 is 0 Å². The SMILES string of the molecule is Cc1ccccc1[C@H](OC[C@@H](O)CN1CCC[C@H](C)C1)c1ccccc1. The Balaban J connectivity index is 1.65. The molecular weight excluding hydrogens is 322 g/mol. The number of nitrogens with zero attached hydrogens (tertiary/aromatic N) is 1. The van der Waals surface area contributed by atoms with Gasteiger partial charge < -0.3 is 14.7 Å². The topological polar surface area (TPSA) is 32.7 Å². The highest BCUT2D eigenvalue weighted by atomic mass is 16.5. The molecule has 0 radical (unpaired) electrons. The summed E-state index contributed by atoms with van der Waals surface area (Å²) in [4.78, 5) is 2.37. The molecule has 0 aliphatic carbocycles. The monoisotopic (exact) mass is 353 g/mol. The van der Waals surface area contributed by atoms with E-state index in [4.69, 9.17) is 4.74 Å². The molecule has 0 spiro atoms. The van der Waals surface area contributed by atoms with Gasteiger partial charge in [-0.05, 0) is 48.9 Å². The summed E-state index contributed by atoms with van der Waals surface area (Å²) in [5, 5.41) is 10.5. The van der Waals surface area contributed by atoms with Crippen molar-refractivity contribution >= 4 is 0 Å². The number of likely N-dealkylation sites (tertiary alicyclic amines) is 1. The largest absolute Gasteiger partial charge is 0.389 e. The van der Waals surface area contributed by atoms with Gasteiger partial charge in [0.1, 0.15) is 6.10 Å². The highest BCUT2D eigenvalue weighted by Gasteiger charge is 2.21. The Bertz CT molecular complexity index is 673. The van der Waals surface area contributed by atoms with E-state index in [1.807, 2.05) is 30.3 Å². The molecule has 1 aliphatic rings. The van der Waals surface area contributed by atoms with Crippen LogP contribution < -0.4 is 0 Å². The first-order valence-electron chi connectivity index (χ1n) is 9.76. The smallest absolute Gasteiger partial charge is 0.108 e.